The molecule has 86 valence electrons. The molecular weight excluding hydrogens is 204 g/mol. The van der Waals surface area contributed by atoms with Crippen molar-refractivity contribution < 1.29 is 9.47 Å². The quantitative estimate of drug-likeness (QED) is 0.802. The van der Waals surface area contributed by atoms with Crippen LogP contribution in [0.15, 0.2) is 18.2 Å². The van der Waals surface area contributed by atoms with E-state index in [1.165, 1.54) is 5.56 Å². The summed E-state index contributed by atoms with van der Waals surface area (Å²) < 4.78 is 10.7. The van der Waals surface area contributed by atoms with Gasteiger partial charge in [0.2, 0.25) is 6.79 Å². The second-order valence-corrected chi connectivity index (χ2v) is 4.57. The number of fused-ring (bicyclic) bond motifs is 1. The summed E-state index contributed by atoms with van der Waals surface area (Å²) in [5.41, 5.74) is 7.34. The summed E-state index contributed by atoms with van der Waals surface area (Å²) in [6.07, 6.45) is 2.15. The van der Waals surface area contributed by atoms with E-state index in [0.717, 1.165) is 24.3 Å². The Morgan fingerprint density at radius 2 is 2.06 bits per heavy atom. The molecule has 4 nitrogen and oxygen atoms in total. The van der Waals surface area contributed by atoms with E-state index in [9.17, 15) is 0 Å². The number of benzene rings is 1. The van der Waals surface area contributed by atoms with Crippen molar-refractivity contribution in [2.75, 3.05) is 13.8 Å². The zero-order valence-electron chi connectivity index (χ0n) is 9.32. The van der Waals surface area contributed by atoms with Crippen LogP contribution in [0.2, 0.25) is 0 Å². The Bertz CT molecular complexity index is 415. The summed E-state index contributed by atoms with van der Waals surface area (Å²) in [4.78, 5) is 0. The Morgan fingerprint density at radius 1 is 1.31 bits per heavy atom. The number of nitrogens with one attached hydrogen (secondary N) is 1. The van der Waals surface area contributed by atoms with Crippen LogP contribution in [-0.2, 0) is 0 Å². The normalized spacial score (nSPS) is 21.9. The first kappa shape index (κ1) is 9.93. The summed E-state index contributed by atoms with van der Waals surface area (Å²) >= 11 is 0. The lowest BCUT2D eigenvalue weighted by molar-refractivity contribution is 0.174. The predicted octanol–water partition coefficient (Wildman–Crippen LogP) is 1.17. The molecule has 1 saturated carbocycles. The molecule has 0 aromatic heterocycles. The average molecular weight is 220 g/mol. The molecule has 1 fully saturated rings. The van der Waals surface area contributed by atoms with Crippen LogP contribution in [0.4, 0.5) is 0 Å². The van der Waals surface area contributed by atoms with Crippen LogP contribution in [0.1, 0.15) is 24.4 Å². The topological polar surface area (TPSA) is 56.5 Å². The minimum atomic E-state index is -0.0809. The Hall–Kier alpha value is -1.26. The van der Waals surface area contributed by atoms with Gasteiger partial charge in [-0.2, -0.15) is 0 Å². The van der Waals surface area contributed by atoms with Crippen molar-refractivity contribution >= 4 is 0 Å². The predicted molar refractivity (Wildman–Crippen MR) is 60.5 cm³/mol. The molecule has 4 heteroatoms. The minimum Gasteiger partial charge on any atom is -0.454 e. The van der Waals surface area contributed by atoms with Crippen LogP contribution in [0.25, 0.3) is 0 Å². The Morgan fingerprint density at radius 3 is 2.75 bits per heavy atom. The van der Waals surface area contributed by atoms with Crippen molar-refractivity contribution in [2.45, 2.75) is 24.4 Å². The molecule has 1 heterocycles. The molecular formula is C12H16N2O2. The lowest BCUT2D eigenvalue weighted by atomic mass is 9.97. The van der Waals surface area contributed by atoms with Gasteiger partial charge in [0.05, 0.1) is 6.04 Å². The molecule has 0 bridgehead atoms. The van der Waals surface area contributed by atoms with Gasteiger partial charge in [-0.15, -0.1) is 0 Å². The van der Waals surface area contributed by atoms with Crippen molar-refractivity contribution in [1.29, 1.82) is 0 Å². The maximum atomic E-state index is 6.24. The van der Waals surface area contributed by atoms with Crippen LogP contribution in [0, 0.1) is 0 Å². The largest absolute Gasteiger partial charge is 0.454 e. The summed E-state index contributed by atoms with van der Waals surface area (Å²) in [5, 5.41) is 3.29. The molecule has 0 radical (unpaired) electrons. The van der Waals surface area contributed by atoms with Crippen molar-refractivity contribution in [3.63, 3.8) is 0 Å². The molecule has 1 aromatic carbocycles. The second-order valence-electron chi connectivity index (χ2n) is 4.57. The second kappa shape index (κ2) is 3.37. The van der Waals surface area contributed by atoms with E-state index in [1.807, 2.05) is 19.2 Å². The fourth-order valence-corrected chi connectivity index (χ4v) is 2.31. The van der Waals surface area contributed by atoms with Gasteiger partial charge in [-0.3, -0.25) is 0 Å². The van der Waals surface area contributed by atoms with Crippen LogP contribution < -0.4 is 20.5 Å². The third kappa shape index (κ3) is 1.45. The standard InChI is InChI=1S/C12H16N2O2/c1-14-11(12(13)4-5-12)8-2-3-9-10(6-8)16-7-15-9/h2-3,6,11,14H,4-5,7,13H2,1H3. The fourth-order valence-electron chi connectivity index (χ4n) is 2.31. The molecule has 1 aliphatic carbocycles. The van der Waals surface area contributed by atoms with Gasteiger partial charge in [-0.1, -0.05) is 6.07 Å². The number of likely N-dealkylation sites (N-methyl/N-ethyl adjacent to an activating group) is 1. The number of ether oxygens (including phenoxy) is 2. The molecule has 3 rings (SSSR count). The minimum absolute atomic E-state index is 0.0809. The van der Waals surface area contributed by atoms with Crippen molar-refractivity contribution in [2.24, 2.45) is 5.73 Å². The Labute approximate surface area is 94.7 Å². The van der Waals surface area contributed by atoms with Gasteiger partial charge in [-0.05, 0) is 37.6 Å². The first-order valence-electron chi connectivity index (χ1n) is 5.59. The Kier molecular flexibility index (Phi) is 2.09. The number of hydrogen-bond acceptors (Lipinski definition) is 4. The molecule has 1 aromatic rings. The van der Waals surface area contributed by atoms with Crippen LogP contribution in [-0.4, -0.2) is 19.4 Å². The highest BCUT2D eigenvalue weighted by molar-refractivity contribution is 5.46. The number of rotatable bonds is 3. The van der Waals surface area contributed by atoms with Gasteiger partial charge in [0.25, 0.3) is 0 Å². The molecule has 1 atom stereocenters. The highest BCUT2D eigenvalue weighted by atomic mass is 16.7. The monoisotopic (exact) mass is 220 g/mol. The molecule has 0 spiro atoms. The molecule has 2 aliphatic rings. The SMILES string of the molecule is CNC(c1ccc2c(c1)OCO2)C1(N)CC1. The summed E-state index contributed by atoms with van der Waals surface area (Å²) in [5.74, 6) is 1.64. The zero-order chi connectivity index (χ0) is 11.2. The molecule has 1 aliphatic heterocycles. The van der Waals surface area contributed by atoms with Crippen LogP contribution in [0.3, 0.4) is 0 Å². The smallest absolute Gasteiger partial charge is 0.231 e. The summed E-state index contributed by atoms with van der Waals surface area (Å²) in [6.45, 7) is 0.316. The van der Waals surface area contributed by atoms with E-state index < -0.39 is 0 Å². The molecule has 0 amide bonds. The van der Waals surface area contributed by atoms with E-state index in [4.69, 9.17) is 15.2 Å². The van der Waals surface area contributed by atoms with Crippen LogP contribution >= 0.6 is 0 Å². The van der Waals surface area contributed by atoms with Crippen molar-refractivity contribution in [3.8, 4) is 11.5 Å². The van der Waals surface area contributed by atoms with Gasteiger partial charge in [0, 0.05) is 5.54 Å². The number of hydrogen-bond donors (Lipinski definition) is 2. The number of nitrogens with two attached hydrogens (primary N) is 1. The molecule has 1 unspecified atom stereocenters. The highest BCUT2D eigenvalue weighted by Crippen LogP contribution is 2.45. The Balaban J connectivity index is 1.93. The van der Waals surface area contributed by atoms with E-state index in [0.29, 0.717) is 6.79 Å². The van der Waals surface area contributed by atoms with Crippen molar-refractivity contribution in [1.82, 2.24) is 5.32 Å². The molecule has 16 heavy (non-hydrogen) atoms. The van der Waals surface area contributed by atoms with E-state index >= 15 is 0 Å². The third-order valence-corrected chi connectivity index (χ3v) is 3.42. The zero-order valence-corrected chi connectivity index (χ0v) is 9.32. The molecule has 3 N–H and O–H groups in total. The highest BCUT2D eigenvalue weighted by Gasteiger charge is 2.46. The van der Waals surface area contributed by atoms with Gasteiger partial charge in [-0.25, -0.2) is 0 Å². The van der Waals surface area contributed by atoms with Crippen molar-refractivity contribution in [3.05, 3.63) is 23.8 Å². The molecule has 0 saturated heterocycles. The average Bonchev–Trinajstić information content (AvgIpc) is 2.86. The van der Waals surface area contributed by atoms with Gasteiger partial charge < -0.3 is 20.5 Å². The van der Waals surface area contributed by atoms with Gasteiger partial charge >= 0.3 is 0 Å². The maximum Gasteiger partial charge on any atom is 0.231 e. The third-order valence-electron chi connectivity index (χ3n) is 3.42. The fraction of sp³-hybridized carbons (Fsp3) is 0.500. The van der Waals surface area contributed by atoms with E-state index in [2.05, 4.69) is 11.4 Å². The summed E-state index contributed by atoms with van der Waals surface area (Å²) in [7, 11) is 1.95. The van der Waals surface area contributed by atoms with Gasteiger partial charge in [0.15, 0.2) is 11.5 Å². The van der Waals surface area contributed by atoms with E-state index in [-0.39, 0.29) is 11.6 Å². The van der Waals surface area contributed by atoms with E-state index in [1.54, 1.807) is 0 Å². The van der Waals surface area contributed by atoms with Crippen LogP contribution in [0.5, 0.6) is 11.5 Å². The lowest BCUT2D eigenvalue weighted by Gasteiger charge is -2.23. The first-order chi connectivity index (χ1) is 7.73. The first-order valence-corrected chi connectivity index (χ1v) is 5.59. The maximum absolute atomic E-state index is 6.24. The summed E-state index contributed by atoms with van der Waals surface area (Å²) in [6, 6.07) is 6.23. The lowest BCUT2D eigenvalue weighted by Crippen LogP contribution is -2.38. The van der Waals surface area contributed by atoms with Gasteiger partial charge in [0.1, 0.15) is 0 Å².